The van der Waals surface area contributed by atoms with Crippen LogP contribution in [0.2, 0.25) is 10.0 Å². The van der Waals surface area contributed by atoms with Crippen LogP contribution < -0.4 is 0 Å². The molecule has 0 bridgehead atoms. The third-order valence-electron chi connectivity index (χ3n) is 4.11. The van der Waals surface area contributed by atoms with Gasteiger partial charge in [0.2, 0.25) is 0 Å². The number of ketones is 1. The number of thioether (sulfide) groups is 1. The molecule has 26 heavy (non-hydrogen) atoms. The lowest BCUT2D eigenvalue weighted by molar-refractivity contribution is -0.117. The Morgan fingerprint density at radius 3 is 2.77 bits per heavy atom. The quantitative estimate of drug-likeness (QED) is 0.318. The number of carbonyl (C=O) groups excluding carboxylic acids is 1. The van der Waals surface area contributed by atoms with Gasteiger partial charge in [-0.15, -0.1) is 11.8 Å². The maximum atomic E-state index is 12.4. The molecule has 0 spiro atoms. The van der Waals surface area contributed by atoms with Crippen LogP contribution in [-0.4, -0.2) is 29.0 Å². The summed E-state index contributed by atoms with van der Waals surface area (Å²) in [6.45, 7) is 4.12. The van der Waals surface area contributed by atoms with Crippen molar-refractivity contribution in [2.45, 2.75) is 44.4 Å². The molecule has 1 aliphatic rings. The van der Waals surface area contributed by atoms with Crippen molar-refractivity contribution < 1.29 is 14.7 Å². The monoisotopic (exact) mass is 415 g/mol. The number of halogens is 2. The van der Waals surface area contributed by atoms with Crippen LogP contribution in [-0.2, 0) is 9.63 Å². The summed E-state index contributed by atoms with van der Waals surface area (Å²) in [4.78, 5) is 18.4. The lowest BCUT2D eigenvalue weighted by Crippen LogP contribution is -2.21. The van der Waals surface area contributed by atoms with E-state index in [-0.39, 0.29) is 17.5 Å². The fraction of sp³-hybridized carbons (Fsp3) is 0.474. The van der Waals surface area contributed by atoms with Crippen molar-refractivity contribution in [3.05, 3.63) is 39.6 Å². The Kier molecular flexibility index (Phi) is 8.32. The van der Waals surface area contributed by atoms with Crippen molar-refractivity contribution in [2.24, 2.45) is 11.1 Å². The van der Waals surface area contributed by atoms with Gasteiger partial charge in [-0.25, -0.2) is 0 Å². The normalized spacial score (nSPS) is 18.4. The van der Waals surface area contributed by atoms with Gasteiger partial charge in [0.15, 0.2) is 5.78 Å². The van der Waals surface area contributed by atoms with Gasteiger partial charge in [-0.05, 0) is 50.1 Å². The summed E-state index contributed by atoms with van der Waals surface area (Å²) in [5.74, 6) is 1.20. The number of benzene rings is 1. The van der Waals surface area contributed by atoms with Gasteiger partial charge in [-0.1, -0.05) is 28.4 Å². The van der Waals surface area contributed by atoms with Gasteiger partial charge >= 0.3 is 0 Å². The number of aliphatic hydroxyl groups excluding tert-OH is 1. The predicted molar refractivity (Wildman–Crippen MR) is 109 cm³/mol. The van der Waals surface area contributed by atoms with E-state index in [4.69, 9.17) is 28.0 Å². The third-order valence-corrected chi connectivity index (χ3v) is 5.88. The lowest BCUT2D eigenvalue weighted by Gasteiger charge is -2.23. The molecule has 1 aromatic rings. The van der Waals surface area contributed by atoms with Crippen LogP contribution in [0.4, 0.5) is 0 Å². The van der Waals surface area contributed by atoms with Crippen LogP contribution in [0, 0.1) is 5.92 Å². The van der Waals surface area contributed by atoms with Crippen molar-refractivity contribution in [2.75, 3.05) is 12.4 Å². The minimum atomic E-state index is 0.00401. The largest absolute Gasteiger partial charge is 0.512 e. The second kappa shape index (κ2) is 10.2. The zero-order valence-corrected chi connectivity index (χ0v) is 17.3. The average molecular weight is 416 g/mol. The molecule has 7 heteroatoms. The van der Waals surface area contributed by atoms with Crippen LogP contribution in [0.25, 0.3) is 0 Å². The van der Waals surface area contributed by atoms with Gasteiger partial charge in [-0.3, -0.25) is 4.79 Å². The number of carbonyl (C=O) groups is 1. The molecule has 1 atom stereocenters. The molecule has 142 valence electrons. The van der Waals surface area contributed by atoms with Gasteiger partial charge in [0, 0.05) is 29.7 Å². The highest BCUT2D eigenvalue weighted by molar-refractivity contribution is 7.99. The molecule has 1 unspecified atom stereocenters. The van der Waals surface area contributed by atoms with Gasteiger partial charge in [0.05, 0.1) is 21.5 Å². The Hall–Kier alpha value is -1.17. The van der Waals surface area contributed by atoms with E-state index in [1.54, 1.807) is 24.8 Å². The molecular weight excluding hydrogens is 393 g/mol. The highest BCUT2D eigenvalue weighted by Gasteiger charge is 2.27. The molecule has 0 aromatic heterocycles. The van der Waals surface area contributed by atoms with Gasteiger partial charge in [0.1, 0.15) is 6.61 Å². The molecule has 4 nitrogen and oxygen atoms in total. The standard InChI is InChI=1S/C19H23Cl2NO3S/c1-3-25-22-12(2)8-15-18(23)9-13(10-19(15)24)6-7-26-14-4-5-16(20)17(21)11-14/h4-5,11,13,23H,3,6-10H2,1-2H3. The molecule has 1 aromatic carbocycles. The average Bonchev–Trinajstić information content (AvgIpc) is 2.59. The first-order valence-electron chi connectivity index (χ1n) is 8.58. The summed E-state index contributed by atoms with van der Waals surface area (Å²) in [7, 11) is 0. The second-order valence-corrected chi connectivity index (χ2v) is 8.24. The molecule has 0 radical (unpaired) electrons. The molecule has 0 aliphatic heterocycles. The number of nitrogens with zero attached hydrogens (tertiary/aromatic N) is 1. The fourth-order valence-electron chi connectivity index (χ4n) is 2.79. The second-order valence-electron chi connectivity index (χ2n) is 6.26. The third kappa shape index (κ3) is 6.22. The summed E-state index contributed by atoms with van der Waals surface area (Å²) in [5.41, 5.74) is 1.16. The highest BCUT2D eigenvalue weighted by atomic mass is 35.5. The fourth-order valence-corrected chi connectivity index (χ4v) is 4.21. The molecule has 0 saturated carbocycles. The van der Waals surface area contributed by atoms with E-state index in [0.717, 1.165) is 17.1 Å². The topological polar surface area (TPSA) is 58.9 Å². The van der Waals surface area contributed by atoms with Crippen LogP contribution in [0.3, 0.4) is 0 Å². The van der Waals surface area contributed by atoms with E-state index >= 15 is 0 Å². The van der Waals surface area contributed by atoms with Gasteiger partial charge in [-0.2, -0.15) is 0 Å². The van der Waals surface area contributed by atoms with Crippen molar-refractivity contribution >= 4 is 46.5 Å². The van der Waals surface area contributed by atoms with E-state index in [1.165, 1.54) is 0 Å². The van der Waals surface area contributed by atoms with Crippen molar-refractivity contribution in [3.8, 4) is 0 Å². The Morgan fingerprint density at radius 1 is 1.35 bits per heavy atom. The minimum absolute atomic E-state index is 0.00401. The zero-order chi connectivity index (χ0) is 19.1. The molecule has 0 amide bonds. The summed E-state index contributed by atoms with van der Waals surface area (Å²) in [6, 6.07) is 5.56. The van der Waals surface area contributed by atoms with E-state index in [1.807, 2.05) is 19.1 Å². The van der Waals surface area contributed by atoms with Gasteiger partial charge < -0.3 is 9.94 Å². The summed E-state index contributed by atoms with van der Waals surface area (Å²) in [6.07, 6.45) is 2.18. The number of hydrogen-bond acceptors (Lipinski definition) is 5. The number of oxime groups is 1. The summed E-state index contributed by atoms with van der Waals surface area (Å²) in [5, 5.41) is 15.3. The van der Waals surface area contributed by atoms with Crippen molar-refractivity contribution in [1.29, 1.82) is 0 Å². The summed E-state index contributed by atoms with van der Waals surface area (Å²) >= 11 is 13.6. The first-order valence-corrected chi connectivity index (χ1v) is 10.3. The maximum Gasteiger partial charge on any atom is 0.162 e. The summed E-state index contributed by atoms with van der Waals surface area (Å²) < 4.78 is 0. The van der Waals surface area contributed by atoms with Gasteiger partial charge in [0.25, 0.3) is 0 Å². The first-order chi connectivity index (χ1) is 12.4. The number of hydrogen-bond donors (Lipinski definition) is 1. The van der Waals surface area contributed by atoms with Crippen molar-refractivity contribution in [1.82, 2.24) is 0 Å². The number of rotatable bonds is 8. The molecule has 1 N–H and O–H groups in total. The first kappa shape index (κ1) is 21.1. The van der Waals surface area contributed by atoms with Crippen LogP contribution in [0.5, 0.6) is 0 Å². The molecule has 2 rings (SSSR count). The Labute approximate surface area is 168 Å². The number of allylic oxidation sites excluding steroid dienone is 2. The SMILES string of the molecule is CCON=C(C)CC1=C(O)CC(CCSc2ccc(Cl)c(Cl)c2)CC1=O. The van der Waals surface area contributed by atoms with Crippen LogP contribution in [0.15, 0.2) is 39.6 Å². The van der Waals surface area contributed by atoms with Crippen LogP contribution in [0.1, 0.15) is 39.5 Å². The molecule has 0 fully saturated rings. The Balaban J connectivity index is 1.87. The Bertz CT molecular complexity index is 719. The van der Waals surface area contributed by atoms with E-state index < -0.39 is 0 Å². The highest BCUT2D eigenvalue weighted by Crippen LogP contribution is 2.33. The lowest BCUT2D eigenvalue weighted by atomic mass is 9.84. The molecular formula is C19H23Cl2NO3S. The Morgan fingerprint density at radius 2 is 2.12 bits per heavy atom. The van der Waals surface area contributed by atoms with E-state index in [9.17, 15) is 9.90 Å². The molecule has 0 heterocycles. The van der Waals surface area contributed by atoms with E-state index in [2.05, 4.69) is 5.16 Å². The maximum absolute atomic E-state index is 12.4. The number of Topliss-reactive ketones (excluding diaryl/α,β-unsaturated/α-hetero) is 1. The van der Waals surface area contributed by atoms with Crippen LogP contribution >= 0.6 is 35.0 Å². The molecule has 1 aliphatic carbocycles. The zero-order valence-electron chi connectivity index (χ0n) is 14.9. The molecule has 0 saturated heterocycles. The smallest absolute Gasteiger partial charge is 0.162 e. The predicted octanol–water partition coefficient (Wildman–Crippen LogP) is 6.07. The van der Waals surface area contributed by atoms with Crippen molar-refractivity contribution in [3.63, 3.8) is 0 Å². The minimum Gasteiger partial charge on any atom is -0.512 e. The number of aliphatic hydroxyl groups is 1. The van der Waals surface area contributed by atoms with E-state index in [0.29, 0.717) is 47.2 Å².